The number of piperidine rings is 1. The Kier molecular flexibility index (Phi) is 4.81. The maximum absolute atomic E-state index is 12.7. The fraction of sp³-hybridized carbons (Fsp3) is 0.529. The monoisotopic (exact) mass is 364 g/mol. The third-order valence-corrected chi connectivity index (χ3v) is 4.98. The van der Waals surface area contributed by atoms with Gasteiger partial charge in [0.1, 0.15) is 0 Å². The average molecular weight is 365 g/mol. The molecular weight excluding hydrogens is 344 g/mol. The molecule has 0 N–H and O–H groups in total. The SMILES string of the molecule is CC[C@H]1CCCCN1C(=O)[C@@H]1CC(c2cccc(Br)c2)=NO1. The zero-order valence-electron chi connectivity index (χ0n) is 12.8. The Bertz CT molecular complexity index is 588. The van der Waals surface area contributed by atoms with Crippen LogP contribution in [-0.4, -0.2) is 35.2 Å². The van der Waals surface area contributed by atoms with Crippen LogP contribution in [0.1, 0.15) is 44.6 Å². The van der Waals surface area contributed by atoms with Gasteiger partial charge in [0, 0.05) is 29.0 Å². The number of nitrogens with zero attached hydrogens (tertiary/aromatic N) is 2. The van der Waals surface area contributed by atoms with Crippen LogP contribution in [0, 0.1) is 0 Å². The fourth-order valence-corrected chi connectivity index (χ4v) is 3.65. The van der Waals surface area contributed by atoms with Crippen molar-refractivity contribution in [2.24, 2.45) is 5.16 Å². The van der Waals surface area contributed by atoms with Crippen molar-refractivity contribution < 1.29 is 9.63 Å². The van der Waals surface area contributed by atoms with Crippen molar-refractivity contribution in [3.05, 3.63) is 34.3 Å². The standard InChI is InChI=1S/C17H21BrN2O2/c1-2-14-8-3-4-9-20(14)17(21)16-11-15(19-22-16)12-6-5-7-13(18)10-12/h5-7,10,14,16H,2-4,8-9,11H2,1H3/t14-,16-/m0/s1. The Hall–Kier alpha value is -1.36. The van der Waals surface area contributed by atoms with E-state index in [-0.39, 0.29) is 5.91 Å². The molecule has 2 aliphatic heterocycles. The molecule has 118 valence electrons. The van der Waals surface area contributed by atoms with E-state index in [0.717, 1.165) is 41.6 Å². The summed E-state index contributed by atoms with van der Waals surface area (Å²) in [5.74, 6) is 0.0975. The molecule has 1 amide bonds. The highest BCUT2D eigenvalue weighted by Crippen LogP contribution is 2.25. The minimum absolute atomic E-state index is 0.0975. The topological polar surface area (TPSA) is 41.9 Å². The van der Waals surface area contributed by atoms with Gasteiger partial charge in [-0.2, -0.15) is 0 Å². The van der Waals surface area contributed by atoms with Crippen molar-refractivity contribution >= 4 is 27.5 Å². The molecule has 1 saturated heterocycles. The summed E-state index contributed by atoms with van der Waals surface area (Å²) in [7, 11) is 0. The van der Waals surface area contributed by atoms with E-state index in [1.165, 1.54) is 6.42 Å². The van der Waals surface area contributed by atoms with Gasteiger partial charge >= 0.3 is 0 Å². The molecule has 2 aliphatic rings. The van der Waals surface area contributed by atoms with Crippen LogP contribution in [0.3, 0.4) is 0 Å². The van der Waals surface area contributed by atoms with Crippen LogP contribution < -0.4 is 0 Å². The van der Waals surface area contributed by atoms with Crippen LogP contribution in [0.2, 0.25) is 0 Å². The molecule has 1 fully saturated rings. The molecule has 1 aromatic rings. The van der Waals surface area contributed by atoms with Crippen LogP contribution in [0.25, 0.3) is 0 Å². The molecule has 0 radical (unpaired) electrons. The Balaban J connectivity index is 1.67. The number of rotatable bonds is 3. The van der Waals surface area contributed by atoms with Gasteiger partial charge in [0.15, 0.2) is 0 Å². The molecular formula is C17H21BrN2O2. The molecule has 22 heavy (non-hydrogen) atoms. The van der Waals surface area contributed by atoms with Crippen LogP contribution in [0.15, 0.2) is 33.9 Å². The Morgan fingerprint density at radius 1 is 1.45 bits per heavy atom. The predicted octanol–water partition coefficient (Wildman–Crippen LogP) is 3.73. The third-order valence-electron chi connectivity index (χ3n) is 4.48. The van der Waals surface area contributed by atoms with Gasteiger partial charge in [-0.15, -0.1) is 0 Å². The van der Waals surface area contributed by atoms with Crippen LogP contribution in [0.4, 0.5) is 0 Å². The number of hydrogen-bond acceptors (Lipinski definition) is 3. The van der Waals surface area contributed by atoms with Gasteiger partial charge in [-0.3, -0.25) is 4.79 Å². The second-order valence-corrected chi connectivity index (χ2v) is 6.85. The van der Waals surface area contributed by atoms with Gasteiger partial charge in [-0.1, -0.05) is 40.1 Å². The summed E-state index contributed by atoms with van der Waals surface area (Å²) in [5.41, 5.74) is 1.86. The second-order valence-electron chi connectivity index (χ2n) is 5.94. The van der Waals surface area contributed by atoms with Gasteiger partial charge in [-0.05, 0) is 37.8 Å². The molecule has 4 nitrogen and oxygen atoms in total. The van der Waals surface area contributed by atoms with Gasteiger partial charge < -0.3 is 9.74 Å². The first kappa shape index (κ1) is 15.5. The molecule has 3 rings (SSSR count). The van der Waals surface area contributed by atoms with Crippen LogP contribution in [-0.2, 0) is 9.63 Å². The maximum Gasteiger partial charge on any atom is 0.267 e. The highest BCUT2D eigenvalue weighted by atomic mass is 79.9. The number of carbonyl (C=O) groups is 1. The van der Waals surface area contributed by atoms with Crippen molar-refractivity contribution in [1.29, 1.82) is 0 Å². The molecule has 2 atom stereocenters. The van der Waals surface area contributed by atoms with Crippen molar-refractivity contribution in [1.82, 2.24) is 4.90 Å². The van der Waals surface area contributed by atoms with E-state index in [2.05, 4.69) is 28.0 Å². The highest BCUT2D eigenvalue weighted by molar-refractivity contribution is 9.10. The van der Waals surface area contributed by atoms with Gasteiger partial charge in [0.2, 0.25) is 6.10 Å². The summed E-state index contributed by atoms with van der Waals surface area (Å²) in [6.07, 6.45) is 4.53. The van der Waals surface area contributed by atoms with Crippen LogP contribution in [0.5, 0.6) is 0 Å². The fourth-order valence-electron chi connectivity index (χ4n) is 3.25. The lowest BCUT2D eigenvalue weighted by Crippen LogP contribution is -2.48. The molecule has 0 aliphatic carbocycles. The number of halogens is 1. The van der Waals surface area contributed by atoms with E-state index in [4.69, 9.17) is 4.84 Å². The summed E-state index contributed by atoms with van der Waals surface area (Å²) in [6, 6.07) is 8.30. The first-order valence-corrected chi connectivity index (χ1v) is 8.77. The van der Waals surface area contributed by atoms with E-state index in [0.29, 0.717) is 12.5 Å². The van der Waals surface area contributed by atoms with Crippen molar-refractivity contribution in [3.63, 3.8) is 0 Å². The minimum atomic E-state index is -0.457. The van der Waals surface area contributed by atoms with Gasteiger partial charge in [0.25, 0.3) is 5.91 Å². The molecule has 0 bridgehead atoms. The summed E-state index contributed by atoms with van der Waals surface area (Å²) < 4.78 is 1.00. The Morgan fingerprint density at radius 2 is 2.32 bits per heavy atom. The maximum atomic E-state index is 12.7. The summed E-state index contributed by atoms with van der Waals surface area (Å²) in [4.78, 5) is 20.2. The molecule has 1 aromatic carbocycles. The highest BCUT2D eigenvalue weighted by Gasteiger charge is 2.35. The van der Waals surface area contributed by atoms with E-state index in [1.54, 1.807) is 0 Å². The van der Waals surface area contributed by atoms with Crippen molar-refractivity contribution in [3.8, 4) is 0 Å². The van der Waals surface area contributed by atoms with Gasteiger partial charge in [-0.25, -0.2) is 0 Å². The van der Waals surface area contributed by atoms with E-state index >= 15 is 0 Å². The number of likely N-dealkylation sites (tertiary alicyclic amines) is 1. The summed E-state index contributed by atoms with van der Waals surface area (Å²) in [5, 5.41) is 4.14. The lowest BCUT2D eigenvalue weighted by Gasteiger charge is -2.36. The second kappa shape index (κ2) is 6.82. The zero-order chi connectivity index (χ0) is 15.5. The smallest absolute Gasteiger partial charge is 0.267 e. The third kappa shape index (κ3) is 3.19. The first-order chi connectivity index (χ1) is 10.7. The molecule has 0 aromatic heterocycles. The summed E-state index contributed by atoms with van der Waals surface area (Å²) in [6.45, 7) is 3.00. The van der Waals surface area contributed by atoms with Crippen molar-refractivity contribution in [2.75, 3.05) is 6.54 Å². The lowest BCUT2D eigenvalue weighted by molar-refractivity contribution is -0.146. The minimum Gasteiger partial charge on any atom is -0.382 e. The zero-order valence-corrected chi connectivity index (χ0v) is 14.4. The van der Waals surface area contributed by atoms with E-state index in [9.17, 15) is 4.79 Å². The number of carbonyl (C=O) groups excluding carboxylic acids is 1. The van der Waals surface area contributed by atoms with E-state index in [1.807, 2.05) is 29.2 Å². The molecule has 2 heterocycles. The lowest BCUT2D eigenvalue weighted by atomic mass is 9.98. The predicted molar refractivity (Wildman–Crippen MR) is 89.8 cm³/mol. The molecule has 0 saturated carbocycles. The first-order valence-electron chi connectivity index (χ1n) is 7.98. The summed E-state index contributed by atoms with van der Waals surface area (Å²) >= 11 is 3.46. The number of benzene rings is 1. The molecule has 0 spiro atoms. The Morgan fingerprint density at radius 3 is 3.09 bits per heavy atom. The number of hydrogen-bond donors (Lipinski definition) is 0. The Labute approximate surface area is 139 Å². The quantitative estimate of drug-likeness (QED) is 0.819. The molecule has 0 unspecified atom stereocenters. The van der Waals surface area contributed by atoms with Crippen molar-refractivity contribution in [2.45, 2.75) is 51.2 Å². The van der Waals surface area contributed by atoms with E-state index < -0.39 is 6.10 Å². The molecule has 5 heteroatoms. The number of oxime groups is 1. The number of amides is 1. The van der Waals surface area contributed by atoms with Crippen LogP contribution >= 0.6 is 15.9 Å². The largest absolute Gasteiger partial charge is 0.382 e. The normalized spacial score (nSPS) is 24.8. The van der Waals surface area contributed by atoms with Gasteiger partial charge in [0.05, 0.1) is 5.71 Å². The average Bonchev–Trinajstić information content (AvgIpc) is 3.04.